The van der Waals surface area contributed by atoms with Crippen LogP contribution in [0.15, 0.2) is 48.7 Å². The molecule has 8 nitrogen and oxygen atoms in total. The summed E-state index contributed by atoms with van der Waals surface area (Å²) in [6, 6.07) is 13.5. The first kappa shape index (κ1) is 18.2. The molecule has 3 aromatic rings. The van der Waals surface area contributed by atoms with Gasteiger partial charge in [-0.25, -0.2) is 0 Å². The zero-order chi connectivity index (χ0) is 19.5. The van der Waals surface area contributed by atoms with Crippen LogP contribution in [0.1, 0.15) is 18.4 Å². The van der Waals surface area contributed by atoms with Gasteiger partial charge in [0.1, 0.15) is 0 Å². The van der Waals surface area contributed by atoms with E-state index in [0.717, 1.165) is 31.5 Å². The van der Waals surface area contributed by atoms with Crippen molar-refractivity contribution in [1.82, 2.24) is 9.38 Å². The van der Waals surface area contributed by atoms with Crippen molar-refractivity contribution in [2.75, 3.05) is 29.9 Å². The molecule has 0 atom stereocenters. The number of anilines is 2. The molecular formula is C20H23N5O3. The van der Waals surface area contributed by atoms with Gasteiger partial charge in [-0.3, -0.25) is 0 Å². The van der Waals surface area contributed by atoms with Gasteiger partial charge < -0.3 is 25.4 Å². The van der Waals surface area contributed by atoms with Gasteiger partial charge in [-0.2, -0.15) is 9.38 Å². The summed E-state index contributed by atoms with van der Waals surface area (Å²) in [6.07, 6.45) is 3.66. The van der Waals surface area contributed by atoms with Crippen LogP contribution in [0.3, 0.4) is 0 Å². The Hall–Kier alpha value is -3.13. The number of imidazole rings is 1. The molecule has 2 N–H and O–H groups in total. The van der Waals surface area contributed by atoms with Crippen LogP contribution in [0.4, 0.5) is 17.3 Å². The van der Waals surface area contributed by atoms with E-state index < -0.39 is 4.92 Å². The summed E-state index contributed by atoms with van der Waals surface area (Å²) in [7, 11) is 0. The number of fused-ring (bicyclic) bond motifs is 1. The van der Waals surface area contributed by atoms with Crippen LogP contribution in [0.5, 0.6) is 0 Å². The first-order valence-electron chi connectivity index (χ1n) is 9.46. The van der Waals surface area contributed by atoms with Gasteiger partial charge in [0.2, 0.25) is 11.5 Å². The monoisotopic (exact) mass is 381 g/mol. The Bertz CT molecular complexity index is 962. The SMILES string of the molecule is O=[N+]([O-])c1c(NCc2ccc(N3CCC(CO)CC3)cc2)nc2ccccn12. The lowest BCUT2D eigenvalue weighted by atomic mass is 9.97. The lowest BCUT2D eigenvalue weighted by molar-refractivity contribution is -0.389. The first-order chi connectivity index (χ1) is 13.7. The highest BCUT2D eigenvalue weighted by Crippen LogP contribution is 2.27. The van der Waals surface area contributed by atoms with Crippen molar-refractivity contribution >= 4 is 23.0 Å². The van der Waals surface area contributed by atoms with Gasteiger partial charge in [0, 0.05) is 38.0 Å². The molecule has 1 aliphatic heterocycles. The molecule has 0 aliphatic carbocycles. The number of benzene rings is 1. The molecule has 4 rings (SSSR count). The number of hydrogen-bond acceptors (Lipinski definition) is 6. The fourth-order valence-electron chi connectivity index (χ4n) is 3.66. The number of aliphatic hydroxyl groups is 1. The number of pyridine rings is 1. The second-order valence-corrected chi connectivity index (χ2v) is 7.10. The fraction of sp³-hybridized carbons (Fsp3) is 0.350. The molecule has 3 heterocycles. The minimum absolute atomic E-state index is 0.0565. The third-order valence-electron chi connectivity index (χ3n) is 5.31. The molecule has 0 unspecified atom stereocenters. The van der Waals surface area contributed by atoms with Crippen molar-refractivity contribution in [2.45, 2.75) is 19.4 Å². The number of rotatable bonds is 6. The number of aliphatic hydroxyl groups excluding tert-OH is 1. The second-order valence-electron chi connectivity index (χ2n) is 7.10. The van der Waals surface area contributed by atoms with Crippen LogP contribution in [-0.2, 0) is 6.54 Å². The standard InChI is InChI=1S/C20H23N5O3/c26-14-16-8-11-23(12-9-16)17-6-4-15(5-7-17)13-21-19-20(25(27)28)24-10-2-1-3-18(24)22-19/h1-7,10,16,21,26H,8-9,11-14H2. The summed E-state index contributed by atoms with van der Waals surface area (Å²) >= 11 is 0. The molecule has 0 saturated carbocycles. The van der Waals surface area contributed by atoms with E-state index in [0.29, 0.717) is 18.1 Å². The van der Waals surface area contributed by atoms with E-state index >= 15 is 0 Å². The molecule has 0 amide bonds. The molecule has 0 spiro atoms. The second kappa shape index (κ2) is 7.85. The lowest BCUT2D eigenvalue weighted by Crippen LogP contribution is -2.34. The van der Waals surface area contributed by atoms with E-state index in [9.17, 15) is 15.2 Å². The highest BCUT2D eigenvalue weighted by Gasteiger charge is 2.22. The number of nitrogens with zero attached hydrogens (tertiary/aromatic N) is 4. The summed E-state index contributed by atoms with van der Waals surface area (Å²) in [5, 5.41) is 23.8. The Morgan fingerprint density at radius 3 is 2.61 bits per heavy atom. The van der Waals surface area contributed by atoms with Gasteiger partial charge in [0.25, 0.3) is 0 Å². The Morgan fingerprint density at radius 2 is 1.93 bits per heavy atom. The van der Waals surface area contributed by atoms with Crippen LogP contribution in [0.2, 0.25) is 0 Å². The van der Waals surface area contributed by atoms with E-state index in [4.69, 9.17) is 0 Å². The van der Waals surface area contributed by atoms with Crippen molar-refractivity contribution in [2.24, 2.45) is 5.92 Å². The van der Waals surface area contributed by atoms with Crippen molar-refractivity contribution < 1.29 is 10.0 Å². The number of piperidine rings is 1. The van der Waals surface area contributed by atoms with E-state index in [1.807, 2.05) is 12.1 Å². The molecule has 0 bridgehead atoms. The maximum absolute atomic E-state index is 11.5. The Labute approximate surface area is 162 Å². The van der Waals surface area contributed by atoms with Gasteiger partial charge in [-0.15, -0.1) is 0 Å². The van der Waals surface area contributed by atoms with Crippen LogP contribution in [0.25, 0.3) is 5.65 Å². The molecule has 1 saturated heterocycles. The summed E-state index contributed by atoms with van der Waals surface area (Å²) in [5.41, 5.74) is 2.73. The largest absolute Gasteiger partial charge is 0.396 e. The molecule has 1 aliphatic rings. The van der Waals surface area contributed by atoms with Crippen molar-refractivity contribution in [1.29, 1.82) is 0 Å². The normalized spacial score (nSPS) is 15.1. The highest BCUT2D eigenvalue weighted by molar-refractivity contribution is 5.62. The minimum atomic E-state index is -0.415. The molecule has 1 fully saturated rings. The Morgan fingerprint density at radius 1 is 1.18 bits per heavy atom. The van der Waals surface area contributed by atoms with Crippen LogP contribution in [-0.4, -0.2) is 39.1 Å². The van der Waals surface area contributed by atoms with E-state index in [-0.39, 0.29) is 18.2 Å². The first-order valence-corrected chi connectivity index (χ1v) is 9.46. The molecule has 146 valence electrons. The Balaban J connectivity index is 1.44. The average molecular weight is 381 g/mol. The Kier molecular flexibility index (Phi) is 5.12. The fourth-order valence-corrected chi connectivity index (χ4v) is 3.66. The van der Waals surface area contributed by atoms with E-state index in [1.165, 1.54) is 10.1 Å². The van der Waals surface area contributed by atoms with Gasteiger partial charge >= 0.3 is 5.82 Å². The van der Waals surface area contributed by atoms with Crippen LogP contribution < -0.4 is 10.2 Å². The van der Waals surface area contributed by atoms with E-state index in [2.05, 4.69) is 27.3 Å². The summed E-state index contributed by atoms with van der Waals surface area (Å²) in [6.45, 7) is 2.64. The minimum Gasteiger partial charge on any atom is -0.396 e. The zero-order valence-electron chi connectivity index (χ0n) is 15.5. The lowest BCUT2D eigenvalue weighted by Gasteiger charge is -2.33. The maximum atomic E-state index is 11.5. The van der Waals surface area contributed by atoms with Crippen molar-refractivity contribution in [3.8, 4) is 0 Å². The highest BCUT2D eigenvalue weighted by atomic mass is 16.6. The summed E-state index contributed by atoms with van der Waals surface area (Å²) in [4.78, 5) is 17.7. The van der Waals surface area contributed by atoms with Crippen molar-refractivity contribution in [3.05, 3.63) is 64.3 Å². The van der Waals surface area contributed by atoms with Crippen LogP contribution in [0, 0.1) is 16.0 Å². The topological polar surface area (TPSA) is 95.9 Å². The number of nitro groups is 1. The quantitative estimate of drug-likeness (QED) is 0.503. The maximum Gasteiger partial charge on any atom is 0.372 e. The molecule has 28 heavy (non-hydrogen) atoms. The molecule has 2 aromatic heterocycles. The van der Waals surface area contributed by atoms with Crippen molar-refractivity contribution in [3.63, 3.8) is 0 Å². The third-order valence-corrected chi connectivity index (χ3v) is 5.31. The van der Waals surface area contributed by atoms with Gasteiger partial charge in [-0.05, 0) is 47.4 Å². The number of aromatic nitrogens is 2. The zero-order valence-corrected chi connectivity index (χ0v) is 15.5. The number of nitrogens with one attached hydrogen (secondary N) is 1. The average Bonchev–Trinajstić information content (AvgIpc) is 3.11. The molecule has 8 heteroatoms. The predicted octanol–water partition coefficient (Wildman–Crippen LogP) is 3.06. The van der Waals surface area contributed by atoms with Gasteiger partial charge in [0.15, 0.2) is 0 Å². The van der Waals surface area contributed by atoms with Gasteiger partial charge in [0.05, 0.1) is 6.20 Å². The summed E-state index contributed by atoms with van der Waals surface area (Å²) in [5.74, 6) is 0.631. The summed E-state index contributed by atoms with van der Waals surface area (Å²) < 4.78 is 1.47. The smallest absolute Gasteiger partial charge is 0.372 e. The number of hydrogen-bond donors (Lipinski definition) is 2. The van der Waals surface area contributed by atoms with E-state index in [1.54, 1.807) is 24.4 Å². The van der Waals surface area contributed by atoms with Gasteiger partial charge in [-0.1, -0.05) is 18.2 Å². The molecule has 0 radical (unpaired) electrons. The predicted molar refractivity (Wildman–Crippen MR) is 108 cm³/mol. The van der Waals surface area contributed by atoms with Crippen LogP contribution >= 0.6 is 0 Å². The third kappa shape index (κ3) is 3.63. The molecular weight excluding hydrogens is 358 g/mol. The molecule has 1 aromatic carbocycles.